The SMILES string of the molecule is c1cnc2c(c1)cc(-c1cc(-c3nc4ccccc4s3)cc(-n3c4ccccc4c4ccccc43)c1)c1cccnc12. The number of rotatable bonds is 3. The number of pyridine rings is 2. The molecule has 0 aliphatic rings. The molecule has 0 spiro atoms. The quantitative estimate of drug-likeness (QED) is 0.204. The number of aromatic nitrogens is 4. The van der Waals surface area contributed by atoms with Crippen molar-refractivity contribution in [2.45, 2.75) is 0 Å². The summed E-state index contributed by atoms with van der Waals surface area (Å²) < 4.78 is 3.57. The first kappa shape index (κ1) is 23.3. The predicted molar refractivity (Wildman–Crippen MR) is 175 cm³/mol. The first-order chi connectivity index (χ1) is 20.8. The van der Waals surface area contributed by atoms with Gasteiger partial charge in [-0.3, -0.25) is 9.97 Å². The van der Waals surface area contributed by atoms with Gasteiger partial charge in [0.2, 0.25) is 0 Å². The lowest BCUT2D eigenvalue weighted by Gasteiger charge is -2.15. The normalized spacial score (nSPS) is 11.8. The van der Waals surface area contributed by atoms with E-state index >= 15 is 0 Å². The van der Waals surface area contributed by atoms with Gasteiger partial charge in [0.1, 0.15) is 5.01 Å². The van der Waals surface area contributed by atoms with Gasteiger partial charge in [-0.1, -0.05) is 60.7 Å². The summed E-state index contributed by atoms with van der Waals surface area (Å²) in [6.45, 7) is 0. The highest BCUT2D eigenvalue weighted by atomic mass is 32.1. The highest BCUT2D eigenvalue weighted by Gasteiger charge is 2.17. The van der Waals surface area contributed by atoms with Crippen LogP contribution in [0.1, 0.15) is 0 Å². The van der Waals surface area contributed by atoms with Gasteiger partial charge in [-0.15, -0.1) is 11.3 Å². The summed E-state index contributed by atoms with van der Waals surface area (Å²) in [7, 11) is 0. The molecule has 5 heteroatoms. The number of hydrogen-bond acceptors (Lipinski definition) is 4. The average Bonchev–Trinajstić information content (AvgIpc) is 3.64. The Morgan fingerprint density at radius 1 is 0.548 bits per heavy atom. The molecule has 0 N–H and O–H groups in total. The molecular weight excluding hydrogens is 533 g/mol. The van der Waals surface area contributed by atoms with Gasteiger partial charge in [0.05, 0.1) is 32.3 Å². The summed E-state index contributed by atoms with van der Waals surface area (Å²) >= 11 is 1.73. The molecule has 0 unspecified atom stereocenters. The molecule has 42 heavy (non-hydrogen) atoms. The summed E-state index contributed by atoms with van der Waals surface area (Å²) in [6.07, 6.45) is 3.69. The topological polar surface area (TPSA) is 43.6 Å². The molecule has 0 atom stereocenters. The summed E-state index contributed by atoms with van der Waals surface area (Å²) in [5.74, 6) is 0. The van der Waals surface area contributed by atoms with Crippen molar-refractivity contribution in [1.82, 2.24) is 19.5 Å². The fraction of sp³-hybridized carbons (Fsp3) is 0. The van der Waals surface area contributed by atoms with E-state index in [0.717, 1.165) is 54.7 Å². The third kappa shape index (κ3) is 3.51. The second-order valence-corrected chi connectivity index (χ2v) is 11.6. The Balaban J connectivity index is 1.40. The third-order valence-electron chi connectivity index (χ3n) is 8.07. The largest absolute Gasteiger partial charge is 0.309 e. The summed E-state index contributed by atoms with van der Waals surface area (Å²) in [4.78, 5) is 14.5. The molecule has 0 radical (unpaired) electrons. The maximum atomic E-state index is 5.06. The number of thiazole rings is 1. The highest BCUT2D eigenvalue weighted by Crippen LogP contribution is 2.40. The maximum absolute atomic E-state index is 5.06. The Kier molecular flexibility index (Phi) is 5.03. The van der Waals surface area contributed by atoms with E-state index in [1.807, 2.05) is 30.6 Å². The molecule has 5 aromatic carbocycles. The van der Waals surface area contributed by atoms with E-state index in [1.165, 1.54) is 26.5 Å². The van der Waals surface area contributed by atoms with E-state index in [9.17, 15) is 0 Å². The van der Waals surface area contributed by atoms with Crippen molar-refractivity contribution >= 4 is 65.2 Å². The lowest BCUT2D eigenvalue weighted by Crippen LogP contribution is -1.96. The smallest absolute Gasteiger partial charge is 0.124 e. The molecule has 0 aliphatic carbocycles. The van der Waals surface area contributed by atoms with Crippen LogP contribution in [0.4, 0.5) is 0 Å². The fourth-order valence-corrected chi connectivity index (χ4v) is 7.18. The van der Waals surface area contributed by atoms with Crippen molar-refractivity contribution in [2.75, 3.05) is 0 Å². The number of benzene rings is 5. The molecule has 0 bridgehead atoms. The Labute approximate surface area is 245 Å². The minimum Gasteiger partial charge on any atom is -0.309 e. The van der Waals surface area contributed by atoms with Gasteiger partial charge in [-0.05, 0) is 71.8 Å². The Hall–Kier alpha value is -5.39. The zero-order chi connectivity index (χ0) is 27.6. The van der Waals surface area contributed by atoms with E-state index in [-0.39, 0.29) is 0 Å². The zero-order valence-electron chi connectivity index (χ0n) is 22.4. The Morgan fingerprint density at radius 3 is 2.02 bits per heavy atom. The van der Waals surface area contributed by atoms with Gasteiger partial charge in [0, 0.05) is 45.2 Å². The van der Waals surface area contributed by atoms with Crippen LogP contribution >= 0.6 is 11.3 Å². The third-order valence-corrected chi connectivity index (χ3v) is 9.15. The van der Waals surface area contributed by atoms with Gasteiger partial charge >= 0.3 is 0 Å². The van der Waals surface area contributed by atoms with Crippen LogP contribution in [-0.2, 0) is 0 Å². The van der Waals surface area contributed by atoms with Crippen LogP contribution in [-0.4, -0.2) is 19.5 Å². The van der Waals surface area contributed by atoms with E-state index in [1.54, 1.807) is 11.3 Å². The van der Waals surface area contributed by atoms with E-state index < -0.39 is 0 Å². The van der Waals surface area contributed by atoms with Crippen LogP contribution in [0.15, 0.2) is 134 Å². The van der Waals surface area contributed by atoms with Gasteiger partial charge in [0.15, 0.2) is 0 Å². The van der Waals surface area contributed by atoms with Crippen LogP contribution in [0, 0.1) is 0 Å². The number of hydrogen-bond donors (Lipinski definition) is 0. The first-order valence-corrected chi connectivity index (χ1v) is 14.8. The van der Waals surface area contributed by atoms with E-state index in [0.29, 0.717) is 0 Å². The average molecular weight is 555 g/mol. The maximum Gasteiger partial charge on any atom is 0.124 e. The molecule has 196 valence electrons. The zero-order valence-corrected chi connectivity index (χ0v) is 23.2. The van der Waals surface area contributed by atoms with Gasteiger partial charge in [-0.25, -0.2) is 4.98 Å². The second kappa shape index (κ2) is 9.06. The van der Waals surface area contributed by atoms with Gasteiger partial charge in [0.25, 0.3) is 0 Å². The molecule has 4 nitrogen and oxygen atoms in total. The summed E-state index contributed by atoms with van der Waals surface area (Å²) in [6, 6.07) is 43.0. The van der Waals surface area contributed by atoms with Crippen molar-refractivity contribution in [3.8, 4) is 27.4 Å². The molecule has 0 saturated heterocycles. The molecule has 0 saturated carbocycles. The standard InChI is InChI=1S/C37H22N4S/c1-4-14-32-27(10-1)28-11-2-5-15-33(28)41(32)26-20-24(19-25(21-26)37-40-31-13-3-6-16-34(31)42-37)30-22-23-9-7-17-38-35(23)36-29(30)12-8-18-39-36/h1-22H. The van der Waals surface area contributed by atoms with Crippen molar-refractivity contribution in [2.24, 2.45) is 0 Å². The summed E-state index contributed by atoms with van der Waals surface area (Å²) in [5.41, 5.74) is 9.65. The first-order valence-electron chi connectivity index (χ1n) is 13.9. The molecule has 0 amide bonds. The molecule has 9 rings (SSSR count). The molecule has 0 fully saturated rings. The predicted octanol–water partition coefficient (Wildman–Crippen LogP) is 9.82. The molecule has 4 aromatic heterocycles. The lowest BCUT2D eigenvalue weighted by molar-refractivity contribution is 1.18. The molecule has 0 aliphatic heterocycles. The summed E-state index contributed by atoms with van der Waals surface area (Å²) in [5, 5.41) is 5.64. The number of para-hydroxylation sites is 3. The number of fused-ring (bicyclic) bond motifs is 7. The van der Waals surface area contributed by atoms with Crippen molar-refractivity contribution in [3.63, 3.8) is 0 Å². The monoisotopic (exact) mass is 554 g/mol. The highest BCUT2D eigenvalue weighted by molar-refractivity contribution is 7.21. The van der Waals surface area contributed by atoms with E-state index in [2.05, 4.69) is 113 Å². The van der Waals surface area contributed by atoms with Crippen molar-refractivity contribution in [1.29, 1.82) is 0 Å². The fourth-order valence-electron chi connectivity index (χ4n) is 6.23. The number of nitrogens with zero attached hydrogens (tertiary/aromatic N) is 4. The van der Waals surface area contributed by atoms with E-state index in [4.69, 9.17) is 9.97 Å². The Bertz CT molecular complexity index is 2400. The van der Waals surface area contributed by atoms with Crippen molar-refractivity contribution < 1.29 is 0 Å². The lowest BCUT2D eigenvalue weighted by atomic mass is 9.96. The van der Waals surface area contributed by atoms with Crippen LogP contribution in [0.2, 0.25) is 0 Å². The van der Waals surface area contributed by atoms with Crippen LogP contribution in [0.3, 0.4) is 0 Å². The van der Waals surface area contributed by atoms with Crippen LogP contribution in [0.5, 0.6) is 0 Å². The second-order valence-electron chi connectivity index (χ2n) is 10.5. The molecular formula is C37H22N4S. The van der Waals surface area contributed by atoms with Crippen LogP contribution < -0.4 is 0 Å². The molecule has 9 aromatic rings. The Morgan fingerprint density at radius 2 is 1.21 bits per heavy atom. The van der Waals surface area contributed by atoms with Gasteiger partial charge in [-0.2, -0.15) is 0 Å². The minimum absolute atomic E-state index is 0.911. The van der Waals surface area contributed by atoms with Gasteiger partial charge < -0.3 is 4.57 Å². The minimum atomic E-state index is 0.911. The van der Waals surface area contributed by atoms with Crippen molar-refractivity contribution in [3.05, 3.63) is 134 Å². The molecule has 4 heterocycles. The van der Waals surface area contributed by atoms with Crippen LogP contribution in [0.25, 0.3) is 81.2 Å².